The first-order valence-corrected chi connectivity index (χ1v) is 9.11. The minimum Gasteiger partial charge on any atom is -0.497 e. The number of methoxy groups -OCH3 is 1. The second-order valence-electron chi connectivity index (χ2n) is 6.99. The zero-order valence-electron chi connectivity index (χ0n) is 16.4. The van der Waals surface area contributed by atoms with E-state index in [1.807, 2.05) is 51.4 Å². The summed E-state index contributed by atoms with van der Waals surface area (Å²) in [5.74, 6) is 0.828. The summed E-state index contributed by atoms with van der Waals surface area (Å²) >= 11 is 0. The molecule has 0 spiro atoms. The summed E-state index contributed by atoms with van der Waals surface area (Å²) in [5, 5.41) is 4.25. The van der Waals surface area contributed by atoms with Gasteiger partial charge in [0.2, 0.25) is 5.91 Å². The molecule has 0 saturated heterocycles. The molecule has 1 aromatic heterocycles. The normalized spacial score (nSPS) is 12.3. The molecule has 1 heterocycles. The molecule has 0 bridgehead atoms. The van der Waals surface area contributed by atoms with Crippen LogP contribution in [0.3, 0.4) is 0 Å². The second-order valence-corrected chi connectivity index (χ2v) is 6.99. The lowest BCUT2D eigenvalue weighted by atomic mass is 10.1. The number of rotatable bonds is 7. The summed E-state index contributed by atoms with van der Waals surface area (Å²) < 4.78 is 7.38. The summed E-state index contributed by atoms with van der Waals surface area (Å²) in [7, 11) is 5.69. The number of ether oxygens (including phenoxy) is 1. The van der Waals surface area contributed by atoms with Crippen LogP contribution in [-0.4, -0.2) is 43.1 Å². The second kappa shape index (κ2) is 8.27. The van der Waals surface area contributed by atoms with E-state index < -0.39 is 0 Å². The maximum atomic E-state index is 12.6. The standard InChI is InChI=1S/C22H27N3O2/c1-16-12-17-8-5-6-11-20(17)25(16)15-22(26)23-14-21(24(2)3)18-9-7-10-19(13-18)27-4/h5-13,21H,14-15H2,1-4H3,(H,23,26). The molecule has 2 aromatic carbocycles. The molecule has 3 aromatic rings. The van der Waals surface area contributed by atoms with E-state index in [-0.39, 0.29) is 11.9 Å². The molecule has 1 N–H and O–H groups in total. The van der Waals surface area contributed by atoms with Crippen LogP contribution in [0.4, 0.5) is 0 Å². The van der Waals surface area contributed by atoms with E-state index in [4.69, 9.17) is 4.74 Å². The van der Waals surface area contributed by atoms with Crippen molar-refractivity contribution in [3.05, 3.63) is 65.9 Å². The van der Waals surface area contributed by atoms with Crippen LogP contribution >= 0.6 is 0 Å². The van der Waals surface area contributed by atoms with Crippen LogP contribution < -0.4 is 10.1 Å². The van der Waals surface area contributed by atoms with Crippen molar-refractivity contribution in [1.29, 1.82) is 0 Å². The Hall–Kier alpha value is -2.79. The SMILES string of the molecule is COc1cccc(C(CNC(=O)Cn2c(C)cc3ccccc32)N(C)C)c1. The number of fused-ring (bicyclic) bond motifs is 1. The molecule has 5 nitrogen and oxygen atoms in total. The average Bonchev–Trinajstić information content (AvgIpc) is 2.97. The van der Waals surface area contributed by atoms with Crippen molar-refractivity contribution in [2.45, 2.75) is 19.5 Å². The molecule has 0 saturated carbocycles. The Morgan fingerprint density at radius 1 is 1.15 bits per heavy atom. The highest BCUT2D eigenvalue weighted by atomic mass is 16.5. The number of carbonyl (C=O) groups is 1. The zero-order chi connectivity index (χ0) is 19.4. The molecule has 27 heavy (non-hydrogen) atoms. The van der Waals surface area contributed by atoms with Gasteiger partial charge in [0.1, 0.15) is 12.3 Å². The molecular weight excluding hydrogens is 338 g/mol. The van der Waals surface area contributed by atoms with E-state index in [9.17, 15) is 4.79 Å². The smallest absolute Gasteiger partial charge is 0.240 e. The minimum absolute atomic E-state index is 0.00852. The number of nitrogens with one attached hydrogen (secondary N) is 1. The lowest BCUT2D eigenvalue weighted by Crippen LogP contribution is -2.36. The number of hydrogen-bond acceptors (Lipinski definition) is 3. The molecule has 5 heteroatoms. The summed E-state index contributed by atoms with van der Waals surface area (Å²) in [6, 6.07) is 18.3. The van der Waals surface area contributed by atoms with Gasteiger partial charge in [-0.25, -0.2) is 0 Å². The van der Waals surface area contributed by atoms with E-state index in [2.05, 4.69) is 39.0 Å². The highest BCUT2D eigenvalue weighted by molar-refractivity contribution is 5.84. The predicted octanol–water partition coefficient (Wildman–Crippen LogP) is 3.38. The van der Waals surface area contributed by atoms with Crippen molar-refractivity contribution in [2.75, 3.05) is 27.7 Å². The van der Waals surface area contributed by atoms with Crippen LogP contribution in [0.2, 0.25) is 0 Å². The monoisotopic (exact) mass is 365 g/mol. The van der Waals surface area contributed by atoms with Crippen molar-refractivity contribution >= 4 is 16.8 Å². The van der Waals surface area contributed by atoms with Gasteiger partial charge < -0.3 is 19.5 Å². The zero-order valence-corrected chi connectivity index (χ0v) is 16.4. The van der Waals surface area contributed by atoms with Crippen LogP contribution in [-0.2, 0) is 11.3 Å². The fraction of sp³-hybridized carbons (Fsp3) is 0.318. The minimum atomic E-state index is 0.00852. The number of aromatic nitrogens is 1. The molecule has 1 unspecified atom stereocenters. The Bertz CT molecular complexity index is 930. The third-order valence-electron chi connectivity index (χ3n) is 4.91. The van der Waals surface area contributed by atoms with Gasteiger partial charge in [-0.2, -0.15) is 0 Å². The largest absolute Gasteiger partial charge is 0.497 e. The third-order valence-corrected chi connectivity index (χ3v) is 4.91. The summed E-state index contributed by atoms with van der Waals surface area (Å²) in [6.07, 6.45) is 0. The fourth-order valence-electron chi connectivity index (χ4n) is 3.42. The van der Waals surface area contributed by atoms with E-state index in [0.29, 0.717) is 13.1 Å². The molecule has 0 aliphatic carbocycles. The highest BCUT2D eigenvalue weighted by Gasteiger charge is 2.17. The summed E-state index contributed by atoms with van der Waals surface area (Å²) in [5.41, 5.74) is 3.28. The highest BCUT2D eigenvalue weighted by Crippen LogP contribution is 2.22. The Labute approximate surface area is 160 Å². The molecule has 0 radical (unpaired) electrons. The Morgan fingerprint density at radius 2 is 1.93 bits per heavy atom. The van der Waals surface area contributed by atoms with Crippen LogP contribution in [0.5, 0.6) is 5.75 Å². The Kier molecular flexibility index (Phi) is 5.81. The third kappa shape index (κ3) is 4.31. The van der Waals surface area contributed by atoms with E-state index in [0.717, 1.165) is 27.9 Å². The molecule has 0 fully saturated rings. The first-order valence-electron chi connectivity index (χ1n) is 9.11. The lowest BCUT2D eigenvalue weighted by molar-refractivity contribution is -0.121. The van der Waals surface area contributed by atoms with Crippen molar-refractivity contribution in [1.82, 2.24) is 14.8 Å². The lowest BCUT2D eigenvalue weighted by Gasteiger charge is -2.25. The molecule has 3 rings (SSSR count). The fourth-order valence-corrected chi connectivity index (χ4v) is 3.42. The number of likely N-dealkylation sites (N-methyl/N-ethyl adjacent to an activating group) is 1. The van der Waals surface area contributed by atoms with Gasteiger partial charge in [-0.05, 0) is 56.2 Å². The number of amides is 1. The average molecular weight is 365 g/mol. The molecule has 1 atom stereocenters. The van der Waals surface area contributed by atoms with E-state index in [1.165, 1.54) is 0 Å². The topological polar surface area (TPSA) is 46.5 Å². The van der Waals surface area contributed by atoms with Crippen LogP contribution in [0.1, 0.15) is 17.3 Å². The van der Waals surface area contributed by atoms with Crippen molar-refractivity contribution < 1.29 is 9.53 Å². The Balaban J connectivity index is 1.70. The number of aryl methyl sites for hydroxylation is 1. The van der Waals surface area contributed by atoms with Crippen molar-refractivity contribution in [3.8, 4) is 5.75 Å². The molecule has 142 valence electrons. The molecule has 0 aliphatic heterocycles. The number of benzene rings is 2. The number of carbonyl (C=O) groups excluding carboxylic acids is 1. The van der Waals surface area contributed by atoms with Gasteiger partial charge in [0.15, 0.2) is 0 Å². The van der Waals surface area contributed by atoms with Crippen molar-refractivity contribution in [3.63, 3.8) is 0 Å². The van der Waals surface area contributed by atoms with E-state index in [1.54, 1.807) is 7.11 Å². The first kappa shape index (κ1) is 19.0. The molecule has 1 amide bonds. The molecule has 0 aliphatic rings. The van der Waals surface area contributed by atoms with Gasteiger partial charge in [-0.3, -0.25) is 4.79 Å². The quantitative estimate of drug-likeness (QED) is 0.698. The Morgan fingerprint density at radius 3 is 2.67 bits per heavy atom. The van der Waals surface area contributed by atoms with Crippen LogP contribution in [0.15, 0.2) is 54.6 Å². The maximum absolute atomic E-state index is 12.6. The van der Waals surface area contributed by atoms with Gasteiger partial charge >= 0.3 is 0 Å². The number of hydrogen-bond donors (Lipinski definition) is 1. The number of para-hydroxylation sites is 1. The summed E-state index contributed by atoms with van der Waals surface area (Å²) in [6.45, 7) is 2.89. The summed E-state index contributed by atoms with van der Waals surface area (Å²) in [4.78, 5) is 14.7. The number of nitrogens with zero attached hydrogens (tertiary/aromatic N) is 2. The predicted molar refractivity (Wildman–Crippen MR) is 109 cm³/mol. The van der Waals surface area contributed by atoms with Crippen LogP contribution in [0, 0.1) is 6.92 Å². The van der Waals surface area contributed by atoms with Gasteiger partial charge in [0.25, 0.3) is 0 Å². The van der Waals surface area contributed by atoms with Gasteiger partial charge in [0, 0.05) is 17.8 Å². The first-order chi connectivity index (χ1) is 13.0. The van der Waals surface area contributed by atoms with Gasteiger partial charge in [-0.1, -0.05) is 30.3 Å². The molecular formula is C22H27N3O2. The van der Waals surface area contributed by atoms with Gasteiger partial charge in [-0.15, -0.1) is 0 Å². The van der Waals surface area contributed by atoms with E-state index >= 15 is 0 Å². The maximum Gasteiger partial charge on any atom is 0.240 e. The van der Waals surface area contributed by atoms with Gasteiger partial charge in [0.05, 0.1) is 13.2 Å². The van der Waals surface area contributed by atoms with Crippen molar-refractivity contribution in [2.24, 2.45) is 0 Å². The van der Waals surface area contributed by atoms with Crippen LogP contribution in [0.25, 0.3) is 10.9 Å².